The number of sulfone groups is 1. The van der Waals surface area contributed by atoms with Gasteiger partial charge in [0.05, 0.1) is 5.75 Å². The van der Waals surface area contributed by atoms with Gasteiger partial charge in [-0.25, -0.2) is 8.42 Å². The molecule has 1 rings (SSSR count). The number of rotatable bonds is 6. The molecule has 0 unspecified atom stereocenters. The first-order valence-corrected chi connectivity index (χ1v) is 7.81. The Balaban J connectivity index is 2.19. The van der Waals surface area contributed by atoms with Crippen LogP contribution in [0.3, 0.4) is 0 Å². The molecule has 0 bridgehead atoms. The van der Waals surface area contributed by atoms with Crippen molar-refractivity contribution in [2.75, 3.05) is 18.1 Å². The van der Waals surface area contributed by atoms with E-state index in [2.05, 4.69) is 12.2 Å². The molecule has 4 heteroatoms. The first-order chi connectivity index (χ1) is 7.05. The zero-order chi connectivity index (χ0) is 11.3. The van der Waals surface area contributed by atoms with E-state index in [0.717, 1.165) is 5.92 Å². The third-order valence-corrected chi connectivity index (χ3v) is 5.13. The molecule has 0 aliphatic heterocycles. The van der Waals surface area contributed by atoms with Crippen LogP contribution in [0.15, 0.2) is 0 Å². The summed E-state index contributed by atoms with van der Waals surface area (Å²) in [5.41, 5.74) is 0. The third kappa shape index (κ3) is 4.51. The predicted molar refractivity (Wildman–Crippen MR) is 63.8 cm³/mol. The lowest BCUT2D eigenvalue weighted by molar-refractivity contribution is 0.389. The molecular formula is C11H23NO2S. The zero-order valence-corrected chi connectivity index (χ0v) is 10.6. The summed E-state index contributed by atoms with van der Waals surface area (Å²) in [6, 6.07) is 0.472. The zero-order valence-electron chi connectivity index (χ0n) is 9.83. The third-order valence-electron chi connectivity index (χ3n) is 3.43. The summed E-state index contributed by atoms with van der Waals surface area (Å²) in [4.78, 5) is 0. The van der Waals surface area contributed by atoms with E-state index < -0.39 is 9.84 Å². The van der Waals surface area contributed by atoms with Crippen molar-refractivity contribution in [2.45, 2.75) is 45.6 Å². The van der Waals surface area contributed by atoms with Gasteiger partial charge in [-0.2, -0.15) is 0 Å². The summed E-state index contributed by atoms with van der Waals surface area (Å²) in [5.74, 6) is 1.29. The van der Waals surface area contributed by atoms with Crippen LogP contribution in [-0.4, -0.2) is 32.5 Å². The summed E-state index contributed by atoms with van der Waals surface area (Å²) in [6.45, 7) is 4.48. The normalized spacial score (nSPS) is 20.7. The van der Waals surface area contributed by atoms with Crippen molar-refractivity contribution in [3.8, 4) is 0 Å². The number of hydrogen-bond donors (Lipinski definition) is 1. The molecule has 0 aromatic rings. The lowest BCUT2D eigenvalue weighted by Gasteiger charge is -2.20. The van der Waals surface area contributed by atoms with Crippen molar-refractivity contribution in [3.05, 3.63) is 0 Å². The van der Waals surface area contributed by atoms with Gasteiger partial charge in [-0.3, -0.25) is 0 Å². The van der Waals surface area contributed by atoms with Gasteiger partial charge in [0.2, 0.25) is 0 Å². The van der Waals surface area contributed by atoms with E-state index in [-0.39, 0.29) is 11.5 Å². The molecule has 1 saturated carbocycles. The minimum atomic E-state index is -2.80. The lowest BCUT2D eigenvalue weighted by atomic mass is 10.00. The van der Waals surface area contributed by atoms with Crippen molar-refractivity contribution in [1.82, 2.24) is 5.32 Å². The second-order valence-electron chi connectivity index (χ2n) is 4.52. The van der Waals surface area contributed by atoms with E-state index in [1.165, 1.54) is 25.7 Å². The highest BCUT2D eigenvalue weighted by Crippen LogP contribution is 2.27. The Bertz CT molecular complexity index is 268. The second kappa shape index (κ2) is 5.85. The van der Waals surface area contributed by atoms with Gasteiger partial charge >= 0.3 is 0 Å². The van der Waals surface area contributed by atoms with Crippen molar-refractivity contribution < 1.29 is 8.42 Å². The molecule has 0 radical (unpaired) electrons. The Hall–Kier alpha value is -0.0900. The summed E-state index contributed by atoms with van der Waals surface area (Å²) in [7, 11) is -2.80. The van der Waals surface area contributed by atoms with E-state index in [9.17, 15) is 8.42 Å². The van der Waals surface area contributed by atoms with Gasteiger partial charge in [-0.05, 0) is 25.7 Å². The molecule has 0 spiro atoms. The summed E-state index contributed by atoms with van der Waals surface area (Å²) >= 11 is 0. The molecule has 0 saturated heterocycles. The molecule has 1 aliphatic rings. The van der Waals surface area contributed by atoms with Gasteiger partial charge < -0.3 is 5.32 Å². The van der Waals surface area contributed by atoms with Crippen molar-refractivity contribution in [2.24, 2.45) is 5.92 Å². The monoisotopic (exact) mass is 233 g/mol. The fraction of sp³-hybridized carbons (Fsp3) is 1.00. The molecular weight excluding hydrogens is 210 g/mol. The number of hydrogen-bond acceptors (Lipinski definition) is 3. The highest BCUT2D eigenvalue weighted by atomic mass is 32.2. The van der Waals surface area contributed by atoms with Crippen LogP contribution in [0.25, 0.3) is 0 Å². The van der Waals surface area contributed by atoms with Crippen LogP contribution in [-0.2, 0) is 9.84 Å². The highest BCUT2D eigenvalue weighted by Gasteiger charge is 2.21. The van der Waals surface area contributed by atoms with E-state index >= 15 is 0 Å². The van der Waals surface area contributed by atoms with Crippen molar-refractivity contribution >= 4 is 9.84 Å². The van der Waals surface area contributed by atoms with E-state index in [0.29, 0.717) is 12.6 Å². The molecule has 1 fully saturated rings. The molecule has 3 nitrogen and oxygen atoms in total. The van der Waals surface area contributed by atoms with Gasteiger partial charge in [0, 0.05) is 18.3 Å². The fourth-order valence-electron chi connectivity index (χ4n) is 2.21. The van der Waals surface area contributed by atoms with Gasteiger partial charge in [-0.1, -0.05) is 19.8 Å². The number of nitrogens with one attached hydrogen (secondary N) is 1. The van der Waals surface area contributed by atoms with E-state index in [1.807, 2.05) is 0 Å². The van der Waals surface area contributed by atoms with E-state index in [4.69, 9.17) is 0 Å². The second-order valence-corrected chi connectivity index (χ2v) is 7.00. The Morgan fingerprint density at radius 1 is 1.33 bits per heavy atom. The molecule has 1 atom stereocenters. The Kier molecular flexibility index (Phi) is 5.06. The maximum absolute atomic E-state index is 11.3. The average Bonchev–Trinajstić information content (AvgIpc) is 2.70. The van der Waals surface area contributed by atoms with Crippen LogP contribution in [0.2, 0.25) is 0 Å². The Morgan fingerprint density at radius 2 is 1.93 bits per heavy atom. The van der Waals surface area contributed by atoms with Gasteiger partial charge in [0.15, 0.2) is 9.84 Å². The van der Waals surface area contributed by atoms with Crippen LogP contribution in [0, 0.1) is 5.92 Å². The van der Waals surface area contributed by atoms with Crippen LogP contribution in [0.1, 0.15) is 39.5 Å². The van der Waals surface area contributed by atoms with Crippen molar-refractivity contribution in [1.29, 1.82) is 0 Å². The van der Waals surface area contributed by atoms with Crippen LogP contribution < -0.4 is 5.32 Å². The molecule has 1 aliphatic carbocycles. The SMILES string of the molecule is CCS(=O)(=O)CCN[C@@H](C)C1CCCC1. The minimum absolute atomic E-state index is 0.256. The van der Waals surface area contributed by atoms with Crippen LogP contribution >= 0.6 is 0 Å². The maximum Gasteiger partial charge on any atom is 0.151 e. The minimum Gasteiger partial charge on any atom is -0.313 e. The first-order valence-electron chi connectivity index (χ1n) is 5.99. The molecule has 15 heavy (non-hydrogen) atoms. The van der Waals surface area contributed by atoms with Crippen LogP contribution in [0.4, 0.5) is 0 Å². The van der Waals surface area contributed by atoms with Gasteiger partial charge in [0.25, 0.3) is 0 Å². The van der Waals surface area contributed by atoms with Gasteiger partial charge in [0.1, 0.15) is 0 Å². The lowest BCUT2D eigenvalue weighted by Crippen LogP contribution is -2.35. The van der Waals surface area contributed by atoms with E-state index in [1.54, 1.807) is 6.92 Å². The summed E-state index contributed by atoms with van der Waals surface area (Å²) in [5, 5.41) is 3.34. The molecule has 90 valence electrons. The molecule has 1 N–H and O–H groups in total. The summed E-state index contributed by atoms with van der Waals surface area (Å²) < 4.78 is 22.5. The smallest absolute Gasteiger partial charge is 0.151 e. The molecule has 0 aromatic carbocycles. The van der Waals surface area contributed by atoms with Gasteiger partial charge in [-0.15, -0.1) is 0 Å². The average molecular weight is 233 g/mol. The molecule has 0 amide bonds. The molecule has 0 aromatic heterocycles. The first kappa shape index (κ1) is 13.0. The fourth-order valence-corrected chi connectivity index (χ4v) is 2.93. The Morgan fingerprint density at radius 3 is 2.47 bits per heavy atom. The van der Waals surface area contributed by atoms with Crippen LogP contribution in [0.5, 0.6) is 0 Å². The summed E-state index contributed by atoms with van der Waals surface area (Å²) in [6.07, 6.45) is 5.28. The quantitative estimate of drug-likeness (QED) is 0.758. The Labute approximate surface area is 93.6 Å². The maximum atomic E-state index is 11.3. The molecule has 0 heterocycles. The topological polar surface area (TPSA) is 46.2 Å². The predicted octanol–water partition coefficient (Wildman–Crippen LogP) is 1.59. The van der Waals surface area contributed by atoms with Crippen molar-refractivity contribution in [3.63, 3.8) is 0 Å². The standard InChI is InChI=1S/C11H23NO2S/c1-3-15(13,14)9-8-12-10(2)11-6-4-5-7-11/h10-12H,3-9H2,1-2H3/t10-/m0/s1. The highest BCUT2D eigenvalue weighted by molar-refractivity contribution is 7.91. The largest absolute Gasteiger partial charge is 0.313 e.